The molecule has 1 saturated heterocycles. The molecule has 1 aliphatic heterocycles. The number of likely N-dealkylation sites (tertiary alicyclic amines) is 1. The zero-order valence-electron chi connectivity index (χ0n) is 20.6. The number of aliphatic imine (C=N–C) groups is 1. The maximum absolute atomic E-state index is 12.1. The number of hydrogen-bond acceptors (Lipinski definition) is 5. The van der Waals surface area contributed by atoms with Crippen molar-refractivity contribution in [3.63, 3.8) is 0 Å². The Hall–Kier alpha value is -2.03. The molecule has 0 radical (unpaired) electrons. The Labute approximate surface area is 188 Å². The smallest absolute Gasteiger partial charge is 0.410 e. The summed E-state index contributed by atoms with van der Waals surface area (Å²) in [5.41, 5.74) is -0.492. The van der Waals surface area contributed by atoms with Gasteiger partial charge in [-0.05, 0) is 46.0 Å². The number of carbonyl (C=O) groups excluding carboxylic acids is 2. The lowest BCUT2D eigenvalue weighted by Gasteiger charge is -2.33. The highest BCUT2D eigenvalue weighted by Gasteiger charge is 2.23. The third-order valence-electron chi connectivity index (χ3n) is 5.00. The average Bonchev–Trinajstić information content (AvgIpc) is 2.69. The van der Waals surface area contributed by atoms with E-state index in [4.69, 9.17) is 4.74 Å². The molecule has 0 aromatic carbocycles. The molecule has 1 atom stereocenters. The van der Waals surface area contributed by atoms with Crippen molar-refractivity contribution in [2.75, 3.05) is 53.4 Å². The van der Waals surface area contributed by atoms with E-state index in [1.807, 2.05) is 20.8 Å². The molecule has 0 spiro atoms. The van der Waals surface area contributed by atoms with Crippen molar-refractivity contribution in [2.45, 2.75) is 65.5 Å². The molecule has 0 aromatic rings. The summed E-state index contributed by atoms with van der Waals surface area (Å²) in [5.74, 6) is 1.11. The van der Waals surface area contributed by atoms with Gasteiger partial charge in [0.15, 0.2) is 5.96 Å². The maximum atomic E-state index is 12.1. The lowest BCUT2D eigenvalue weighted by molar-refractivity contribution is -0.122. The monoisotopic (exact) mass is 440 g/mol. The molecule has 9 nitrogen and oxygen atoms in total. The summed E-state index contributed by atoms with van der Waals surface area (Å²) in [6.07, 6.45) is 2.59. The first kappa shape index (κ1) is 27.0. The highest BCUT2D eigenvalue weighted by atomic mass is 16.6. The van der Waals surface area contributed by atoms with Crippen molar-refractivity contribution in [3.8, 4) is 0 Å². The molecule has 3 N–H and O–H groups in total. The fourth-order valence-corrected chi connectivity index (χ4v) is 3.36. The topological polar surface area (TPSA) is 98.3 Å². The van der Waals surface area contributed by atoms with E-state index < -0.39 is 5.60 Å². The Kier molecular flexibility index (Phi) is 11.7. The number of nitrogens with zero attached hydrogens (tertiary/aromatic N) is 3. The summed E-state index contributed by atoms with van der Waals surface area (Å²) >= 11 is 0. The number of ether oxygens (including phenoxy) is 1. The van der Waals surface area contributed by atoms with Crippen molar-refractivity contribution >= 4 is 18.0 Å². The molecule has 0 aliphatic carbocycles. The first-order valence-electron chi connectivity index (χ1n) is 11.4. The van der Waals surface area contributed by atoms with E-state index in [2.05, 4.69) is 39.7 Å². The van der Waals surface area contributed by atoms with Crippen LogP contribution in [-0.4, -0.2) is 92.8 Å². The highest BCUT2D eigenvalue weighted by Crippen LogP contribution is 2.11. The standard InChI is InChI=1S/C22H44N6O3/c1-8-11-24-19(29)16-28-12-9-18(10-13-28)26-20(23-6)25-14-17(2)15-27(7)21(30)31-22(3,4)5/h17-18H,8-16H2,1-7H3,(H,24,29)(H2,23,25,26). The molecular weight excluding hydrogens is 396 g/mol. The normalized spacial score (nSPS) is 17.1. The van der Waals surface area contributed by atoms with Crippen molar-refractivity contribution < 1.29 is 14.3 Å². The predicted molar refractivity (Wildman–Crippen MR) is 125 cm³/mol. The van der Waals surface area contributed by atoms with Crippen molar-refractivity contribution in [2.24, 2.45) is 10.9 Å². The Balaban J connectivity index is 2.32. The Morgan fingerprint density at radius 2 is 1.87 bits per heavy atom. The molecule has 31 heavy (non-hydrogen) atoms. The third kappa shape index (κ3) is 11.8. The van der Waals surface area contributed by atoms with Gasteiger partial charge < -0.3 is 25.6 Å². The SMILES string of the molecule is CCCNC(=O)CN1CCC(NC(=NC)NCC(C)CN(C)C(=O)OC(C)(C)C)CC1. The fourth-order valence-electron chi connectivity index (χ4n) is 3.36. The number of hydrogen-bond donors (Lipinski definition) is 3. The van der Waals surface area contributed by atoms with Crippen molar-refractivity contribution in [1.82, 2.24) is 25.8 Å². The van der Waals surface area contributed by atoms with Gasteiger partial charge in [-0.25, -0.2) is 4.79 Å². The van der Waals surface area contributed by atoms with Gasteiger partial charge in [-0.15, -0.1) is 0 Å². The highest BCUT2D eigenvalue weighted by molar-refractivity contribution is 5.80. The summed E-state index contributed by atoms with van der Waals surface area (Å²) in [4.78, 5) is 32.1. The number of amides is 2. The van der Waals surface area contributed by atoms with Gasteiger partial charge in [0.2, 0.25) is 5.91 Å². The molecule has 180 valence electrons. The predicted octanol–water partition coefficient (Wildman–Crippen LogP) is 1.65. The summed E-state index contributed by atoms with van der Waals surface area (Å²) in [6.45, 7) is 14.0. The van der Waals surface area contributed by atoms with Crippen LogP contribution in [0.4, 0.5) is 4.79 Å². The Morgan fingerprint density at radius 3 is 2.42 bits per heavy atom. The van der Waals surface area contributed by atoms with Crippen molar-refractivity contribution in [1.29, 1.82) is 0 Å². The molecule has 1 heterocycles. The van der Waals surface area contributed by atoms with E-state index >= 15 is 0 Å². The fraction of sp³-hybridized carbons (Fsp3) is 0.864. The van der Waals surface area contributed by atoms with Crippen LogP contribution in [-0.2, 0) is 9.53 Å². The van der Waals surface area contributed by atoms with E-state index in [0.29, 0.717) is 25.7 Å². The molecule has 9 heteroatoms. The number of carbonyl (C=O) groups is 2. The van der Waals surface area contributed by atoms with E-state index in [1.54, 1.807) is 19.0 Å². The van der Waals surface area contributed by atoms with E-state index in [-0.39, 0.29) is 17.9 Å². The molecule has 0 bridgehead atoms. The van der Waals surface area contributed by atoms with Crippen LogP contribution in [0.5, 0.6) is 0 Å². The van der Waals surface area contributed by atoms with Crippen LogP contribution in [0.1, 0.15) is 53.9 Å². The molecule has 1 fully saturated rings. The molecule has 1 rings (SSSR count). The zero-order chi connectivity index (χ0) is 23.4. The van der Waals surface area contributed by atoms with Gasteiger partial charge in [-0.2, -0.15) is 0 Å². The van der Waals surface area contributed by atoms with Gasteiger partial charge in [0.05, 0.1) is 6.54 Å². The summed E-state index contributed by atoms with van der Waals surface area (Å²) in [5, 5.41) is 9.77. The minimum atomic E-state index is -0.492. The van der Waals surface area contributed by atoms with Gasteiger partial charge >= 0.3 is 6.09 Å². The summed E-state index contributed by atoms with van der Waals surface area (Å²) < 4.78 is 5.40. The van der Waals surface area contributed by atoms with Gasteiger partial charge in [0.1, 0.15) is 5.60 Å². The minimum absolute atomic E-state index is 0.107. The average molecular weight is 441 g/mol. The molecule has 2 amide bonds. The second-order valence-electron chi connectivity index (χ2n) is 9.46. The molecule has 1 unspecified atom stereocenters. The molecule has 0 saturated carbocycles. The number of nitrogens with one attached hydrogen (secondary N) is 3. The quantitative estimate of drug-likeness (QED) is 0.372. The second kappa shape index (κ2) is 13.4. The van der Waals surface area contributed by atoms with E-state index in [9.17, 15) is 9.59 Å². The summed E-state index contributed by atoms with van der Waals surface area (Å²) in [7, 11) is 3.52. The van der Waals surface area contributed by atoms with Gasteiger partial charge in [0, 0.05) is 52.9 Å². The second-order valence-corrected chi connectivity index (χ2v) is 9.46. The van der Waals surface area contributed by atoms with Gasteiger partial charge in [0.25, 0.3) is 0 Å². The van der Waals surface area contributed by atoms with Gasteiger partial charge in [-0.1, -0.05) is 13.8 Å². The van der Waals surface area contributed by atoms with Crippen LogP contribution in [0.15, 0.2) is 4.99 Å². The number of rotatable bonds is 9. The minimum Gasteiger partial charge on any atom is -0.444 e. The van der Waals surface area contributed by atoms with Crippen molar-refractivity contribution in [3.05, 3.63) is 0 Å². The molecule has 0 aromatic heterocycles. The van der Waals surface area contributed by atoms with Crippen LogP contribution in [0.25, 0.3) is 0 Å². The van der Waals surface area contributed by atoms with Crippen LogP contribution < -0.4 is 16.0 Å². The first-order valence-corrected chi connectivity index (χ1v) is 11.4. The maximum Gasteiger partial charge on any atom is 0.410 e. The third-order valence-corrected chi connectivity index (χ3v) is 5.00. The summed E-state index contributed by atoms with van der Waals surface area (Å²) in [6, 6.07) is 0.334. The number of piperidine rings is 1. The Bertz CT molecular complexity index is 582. The van der Waals surface area contributed by atoms with Crippen LogP contribution in [0.2, 0.25) is 0 Å². The molecule has 1 aliphatic rings. The largest absolute Gasteiger partial charge is 0.444 e. The number of guanidine groups is 1. The van der Waals surface area contributed by atoms with Gasteiger partial charge in [-0.3, -0.25) is 14.7 Å². The first-order chi connectivity index (χ1) is 14.5. The van der Waals surface area contributed by atoms with E-state index in [0.717, 1.165) is 44.9 Å². The van der Waals surface area contributed by atoms with E-state index in [1.165, 1.54) is 0 Å². The Morgan fingerprint density at radius 1 is 1.23 bits per heavy atom. The van der Waals surface area contributed by atoms with Crippen LogP contribution in [0, 0.1) is 5.92 Å². The van der Waals surface area contributed by atoms with Crippen LogP contribution >= 0.6 is 0 Å². The zero-order valence-corrected chi connectivity index (χ0v) is 20.6. The van der Waals surface area contributed by atoms with Crippen LogP contribution in [0.3, 0.4) is 0 Å². The molecular formula is C22H44N6O3. The lowest BCUT2D eigenvalue weighted by atomic mass is 10.1. The lowest BCUT2D eigenvalue weighted by Crippen LogP contribution is -2.51.